The number of rotatable bonds is 3. The van der Waals surface area contributed by atoms with Crippen LogP contribution in [0.4, 0.5) is 4.79 Å². The van der Waals surface area contributed by atoms with E-state index in [1.54, 1.807) is 0 Å². The maximum atomic E-state index is 12.2. The molecule has 3 unspecified atom stereocenters. The van der Waals surface area contributed by atoms with Crippen molar-refractivity contribution in [3.05, 3.63) is 0 Å². The molecule has 0 spiro atoms. The number of piperidine rings is 1. The number of carbonyl (C=O) groups excluding carboxylic acids is 1. The molecule has 1 aliphatic carbocycles. The van der Waals surface area contributed by atoms with E-state index in [1.807, 2.05) is 25.7 Å². The molecular formula is C17H32N2O3. The van der Waals surface area contributed by atoms with Crippen LogP contribution in [0.3, 0.4) is 0 Å². The lowest BCUT2D eigenvalue weighted by molar-refractivity contribution is 0.0184. The lowest BCUT2D eigenvalue weighted by atomic mass is 9.87. The molecule has 22 heavy (non-hydrogen) atoms. The highest BCUT2D eigenvalue weighted by Crippen LogP contribution is 2.24. The highest BCUT2D eigenvalue weighted by Gasteiger charge is 2.28. The quantitative estimate of drug-likeness (QED) is 0.840. The minimum atomic E-state index is -0.435. The average Bonchev–Trinajstić information content (AvgIpc) is 2.44. The van der Waals surface area contributed by atoms with Gasteiger partial charge in [0, 0.05) is 19.1 Å². The lowest BCUT2D eigenvalue weighted by Gasteiger charge is -2.35. The summed E-state index contributed by atoms with van der Waals surface area (Å²) in [7, 11) is 0. The number of nitrogens with zero attached hydrogens (tertiary/aromatic N) is 1. The molecular weight excluding hydrogens is 280 g/mol. The Balaban J connectivity index is 1.74. The molecule has 2 fully saturated rings. The molecule has 2 N–H and O–H groups in total. The van der Waals surface area contributed by atoms with Crippen LogP contribution in [0, 0.1) is 5.92 Å². The summed E-state index contributed by atoms with van der Waals surface area (Å²) in [6.07, 6.45) is 5.99. The minimum Gasteiger partial charge on any atom is -0.444 e. The standard InChI is InChI=1S/C17H32N2O3/c1-17(2,3)22-16(21)19-9-5-7-14(12-19)18-11-13-6-4-8-15(20)10-13/h13-15,18,20H,4-12H2,1-3H3. The van der Waals surface area contributed by atoms with Gasteiger partial charge in [-0.2, -0.15) is 0 Å². The number of carbonyl (C=O) groups is 1. The Morgan fingerprint density at radius 2 is 2.05 bits per heavy atom. The van der Waals surface area contributed by atoms with Crippen molar-refractivity contribution < 1.29 is 14.6 Å². The van der Waals surface area contributed by atoms with E-state index in [0.717, 1.165) is 51.7 Å². The summed E-state index contributed by atoms with van der Waals surface area (Å²) in [6.45, 7) is 8.17. The molecule has 2 rings (SSSR count). The number of aliphatic hydroxyl groups excluding tert-OH is 1. The Bertz CT molecular complexity index is 367. The van der Waals surface area contributed by atoms with Crippen molar-refractivity contribution in [2.24, 2.45) is 5.92 Å². The average molecular weight is 312 g/mol. The van der Waals surface area contributed by atoms with E-state index >= 15 is 0 Å². The van der Waals surface area contributed by atoms with E-state index in [9.17, 15) is 9.90 Å². The minimum absolute atomic E-state index is 0.120. The molecule has 1 saturated heterocycles. The predicted octanol–water partition coefficient (Wildman–Crippen LogP) is 2.53. The third-order valence-corrected chi connectivity index (χ3v) is 4.52. The fourth-order valence-electron chi connectivity index (χ4n) is 3.42. The SMILES string of the molecule is CC(C)(C)OC(=O)N1CCCC(NCC2CCCC(O)C2)C1. The van der Waals surface area contributed by atoms with Gasteiger partial charge in [-0.25, -0.2) is 4.79 Å². The maximum absolute atomic E-state index is 12.2. The molecule has 0 aromatic heterocycles. The van der Waals surface area contributed by atoms with Gasteiger partial charge in [0.1, 0.15) is 5.60 Å². The van der Waals surface area contributed by atoms with Gasteiger partial charge in [0.15, 0.2) is 0 Å². The molecule has 1 amide bonds. The summed E-state index contributed by atoms with van der Waals surface area (Å²) in [5.74, 6) is 0.570. The lowest BCUT2D eigenvalue weighted by Crippen LogP contribution is -2.50. The monoisotopic (exact) mass is 312 g/mol. The Labute approximate surface area is 134 Å². The summed E-state index contributed by atoms with van der Waals surface area (Å²) in [6, 6.07) is 0.348. The highest BCUT2D eigenvalue weighted by atomic mass is 16.6. The molecule has 3 atom stereocenters. The normalized spacial score (nSPS) is 30.2. The van der Waals surface area contributed by atoms with Gasteiger partial charge in [0.05, 0.1) is 6.10 Å². The van der Waals surface area contributed by atoms with Crippen LogP contribution in [0.15, 0.2) is 0 Å². The number of hydrogen-bond donors (Lipinski definition) is 2. The Morgan fingerprint density at radius 1 is 1.27 bits per heavy atom. The van der Waals surface area contributed by atoms with Crippen molar-refractivity contribution in [2.75, 3.05) is 19.6 Å². The molecule has 5 nitrogen and oxygen atoms in total. The summed E-state index contributed by atoms with van der Waals surface area (Å²) in [5.41, 5.74) is -0.435. The van der Waals surface area contributed by atoms with Gasteiger partial charge in [0.2, 0.25) is 0 Å². The van der Waals surface area contributed by atoms with Gasteiger partial charge in [0.25, 0.3) is 0 Å². The summed E-state index contributed by atoms with van der Waals surface area (Å²) < 4.78 is 5.46. The Kier molecular flexibility index (Phi) is 6.09. The number of nitrogens with one attached hydrogen (secondary N) is 1. The van der Waals surface area contributed by atoms with Crippen molar-refractivity contribution in [2.45, 2.75) is 77.0 Å². The highest BCUT2D eigenvalue weighted by molar-refractivity contribution is 5.68. The van der Waals surface area contributed by atoms with Crippen molar-refractivity contribution in [3.8, 4) is 0 Å². The van der Waals surface area contributed by atoms with Crippen LogP contribution >= 0.6 is 0 Å². The molecule has 1 saturated carbocycles. The van der Waals surface area contributed by atoms with Crippen LogP contribution in [0.2, 0.25) is 0 Å². The topological polar surface area (TPSA) is 61.8 Å². The summed E-state index contributed by atoms with van der Waals surface area (Å²) >= 11 is 0. The van der Waals surface area contributed by atoms with Gasteiger partial charge in [-0.05, 0) is 65.3 Å². The van der Waals surface area contributed by atoms with Crippen LogP contribution < -0.4 is 5.32 Å². The second-order valence-corrected chi connectivity index (χ2v) is 7.86. The molecule has 1 heterocycles. The van der Waals surface area contributed by atoms with E-state index in [-0.39, 0.29) is 12.2 Å². The first kappa shape index (κ1) is 17.5. The second-order valence-electron chi connectivity index (χ2n) is 7.86. The van der Waals surface area contributed by atoms with Gasteiger partial charge in [-0.15, -0.1) is 0 Å². The number of likely N-dealkylation sites (tertiary alicyclic amines) is 1. The summed E-state index contributed by atoms with van der Waals surface area (Å²) in [4.78, 5) is 14.0. The summed E-state index contributed by atoms with van der Waals surface area (Å²) in [5, 5.41) is 13.3. The number of hydrogen-bond acceptors (Lipinski definition) is 4. The van der Waals surface area contributed by atoms with E-state index in [0.29, 0.717) is 12.0 Å². The third kappa shape index (κ3) is 5.76. The van der Waals surface area contributed by atoms with Crippen LogP contribution in [0.5, 0.6) is 0 Å². The van der Waals surface area contributed by atoms with Crippen molar-refractivity contribution in [3.63, 3.8) is 0 Å². The smallest absolute Gasteiger partial charge is 0.410 e. The molecule has 0 aromatic rings. The van der Waals surface area contributed by atoms with E-state index < -0.39 is 5.60 Å². The fraction of sp³-hybridized carbons (Fsp3) is 0.941. The largest absolute Gasteiger partial charge is 0.444 e. The van der Waals surface area contributed by atoms with Gasteiger partial charge in [-0.1, -0.05) is 6.42 Å². The first-order valence-corrected chi connectivity index (χ1v) is 8.73. The molecule has 0 bridgehead atoms. The molecule has 0 radical (unpaired) electrons. The molecule has 1 aliphatic heterocycles. The Morgan fingerprint density at radius 3 is 2.73 bits per heavy atom. The molecule has 0 aromatic carbocycles. The van der Waals surface area contributed by atoms with Crippen LogP contribution in [-0.2, 0) is 4.74 Å². The number of amides is 1. The number of ether oxygens (including phenoxy) is 1. The van der Waals surface area contributed by atoms with Gasteiger partial charge < -0.3 is 20.1 Å². The van der Waals surface area contributed by atoms with Crippen molar-refractivity contribution in [1.82, 2.24) is 10.2 Å². The first-order valence-electron chi connectivity index (χ1n) is 8.73. The Hall–Kier alpha value is -0.810. The molecule has 5 heteroatoms. The molecule has 128 valence electrons. The van der Waals surface area contributed by atoms with Crippen LogP contribution in [0.25, 0.3) is 0 Å². The van der Waals surface area contributed by atoms with E-state index in [1.165, 1.54) is 6.42 Å². The maximum Gasteiger partial charge on any atom is 0.410 e. The van der Waals surface area contributed by atoms with Crippen molar-refractivity contribution in [1.29, 1.82) is 0 Å². The van der Waals surface area contributed by atoms with E-state index in [2.05, 4.69) is 5.32 Å². The zero-order chi connectivity index (χ0) is 16.2. The fourth-order valence-corrected chi connectivity index (χ4v) is 3.42. The zero-order valence-electron chi connectivity index (χ0n) is 14.3. The zero-order valence-corrected chi connectivity index (χ0v) is 14.3. The predicted molar refractivity (Wildman–Crippen MR) is 86.8 cm³/mol. The first-order chi connectivity index (χ1) is 10.3. The van der Waals surface area contributed by atoms with Gasteiger partial charge in [-0.3, -0.25) is 0 Å². The second kappa shape index (κ2) is 7.64. The third-order valence-electron chi connectivity index (χ3n) is 4.52. The van der Waals surface area contributed by atoms with Crippen molar-refractivity contribution >= 4 is 6.09 Å². The molecule has 2 aliphatic rings. The number of aliphatic hydroxyl groups is 1. The van der Waals surface area contributed by atoms with Crippen LogP contribution in [0.1, 0.15) is 59.3 Å². The van der Waals surface area contributed by atoms with Crippen LogP contribution in [-0.4, -0.2) is 53.5 Å². The van der Waals surface area contributed by atoms with Gasteiger partial charge >= 0.3 is 6.09 Å². The van der Waals surface area contributed by atoms with E-state index in [4.69, 9.17) is 4.74 Å².